The summed E-state index contributed by atoms with van der Waals surface area (Å²) in [5.74, 6) is -0.969. The molecule has 1 aromatic rings. The van der Waals surface area contributed by atoms with Crippen molar-refractivity contribution in [1.29, 1.82) is 0 Å². The number of nitrogens with one attached hydrogen (secondary N) is 1. The van der Waals surface area contributed by atoms with Crippen LogP contribution in [0.4, 0.5) is 0 Å². The van der Waals surface area contributed by atoms with E-state index in [1.54, 1.807) is 6.07 Å². The lowest BCUT2D eigenvalue weighted by molar-refractivity contribution is -0.148. The minimum absolute atomic E-state index is 0.288. The Morgan fingerprint density at radius 1 is 1.85 bits per heavy atom. The summed E-state index contributed by atoms with van der Waals surface area (Å²) in [4.78, 5) is 10.6. The van der Waals surface area contributed by atoms with Crippen LogP contribution in [0.1, 0.15) is 11.4 Å². The second-order valence-corrected chi connectivity index (χ2v) is 2.81. The van der Waals surface area contributed by atoms with Gasteiger partial charge in [0.1, 0.15) is 0 Å². The third kappa shape index (κ3) is 2.55. The molecule has 5 heteroatoms. The van der Waals surface area contributed by atoms with Gasteiger partial charge in [0.2, 0.25) is 0 Å². The van der Waals surface area contributed by atoms with Crippen molar-refractivity contribution in [3.63, 3.8) is 0 Å². The maximum atomic E-state index is 10.6. The zero-order valence-corrected chi connectivity index (χ0v) is 7.57. The number of aromatic amines is 1. The van der Waals surface area contributed by atoms with E-state index in [1.807, 2.05) is 6.92 Å². The number of ether oxygens (including phenoxy) is 1. The Bertz CT molecular complexity index is 295. The lowest BCUT2D eigenvalue weighted by atomic mass is 10.2. The van der Waals surface area contributed by atoms with Gasteiger partial charge in [-0.15, -0.1) is 0 Å². The number of hydrogen-bond acceptors (Lipinski definition) is 3. The van der Waals surface area contributed by atoms with E-state index in [4.69, 9.17) is 9.84 Å². The second kappa shape index (κ2) is 4.04. The molecule has 0 saturated heterocycles. The summed E-state index contributed by atoms with van der Waals surface area (Å²) in [7, 11) is 1.37. The number of H-pyrrole nitrogens is 1. The average molecular weight is 184 g/mol. The van der Waals surface area contributed by atoms with Gasteiger partial charge in [-0.3, -0.25) is 5.10 Å². The van der Waals surface area contributed by atoms with Crippen molar-refractivity contribution in [2.75, 3.05) is 7.11 Å². The zero-order chi connectivity index (χ0) is 9.84. The predicted octanol–water partition coefficient (Wildman–Crippen LogP) is 0.360. The van der Waals surface area contributed by atoms with Crippen LogP contribution in [0.5, 0.6) is 0 Å². The Kier molecular flexibility index (Phi) is 3.02. The molecule has 1 aromatic heterocycles. The molecule has 1 heterocycles. The van der Waals surface area contributed by atoms with E-state index in [1.165, 1.54) is 7.11 Å². The number of carboxylic acids is 1. The van der Waals surface area contributed by atoms with E-state index < -0.39 is 12.1 Å². The third-order valence-electron chi connectivity index (χ3n) is 1.71. The fourth-order valence-corrected chi connectivity index (χ4v) is 1.04. The van der Waals surface area contributed by atoms with Crippen molar-refractivity contribution in [2.45, 2.75) is 19.4 Å². The van der Waals surface area contributed by atoms with Crippen LogP contribution in [0.25, 0.3) is 0 Å². The highest BCUT2D eigenvalue weighted by Crippen LogP contribution is 2.04. The Morgan fingerprint density at radius 2 is 2.54 bits per heavy atom. The van der Waals surface area contributed by atoms with Gasteiger partial charge in [-0.1, -0.05) is 0 Å². The Hall–Kier alpha value is -1.36. The summed E-state index contributed by atoms with van der Waals surface area (Å²) < 4.78 is 4.77. The molecule has 5 nitrogen and oxygen atoms in total. The van der Waals surface area contributed by atoms with Gasteiger partial charge in [0.05, 0.1) is 5.69 Å². The van der Waals surface area contributed by atoms with Crippen LogP contribution in [0.3, 0.4) is 0 Å². The molecule has 0 aliphatic carbocycles. The average Bonchev–Trinajstić information content (AvgIpc) is 2.46. The lowest BCUT2D eigenvalue weighted by Gasteiger charge is -2.07. The van der Waals surface area contributed by atoms with Gasteiger partial charge < -0.3 is 9.84 Å². The summed E-state index contributed by atoms with van der Waals surface area (Å²) >= 11 is 0. The summed E-state index contributed by atoms with van der Waals surface area (Å²) in [5, 5.41) is 15.3. The number of rotatable bonds is 4. The number of aryl methyl sites for hydroxylation is 1. The monoisotopic (exact) mass is 184 g/mol. The number of aromatic nitrogens is 2. The SMILES string of the molecule is COC(Cc1cc(C)[nH]n1)C(=O)O. The molecule has 1 rings (SSSR count). The Morgan fingerprint density at radius 3 is 2.92 bits per heavy atom. The fraction of sp³-hybridized carbons (Fsp3) is 0.500. The van der Waals surface area contributed by atoms with Crippen LogP contribution in [-0.4, -0.2) is 34.5 Å². The van der Waals surface area contributed by atoms with Gasteiger partial charge in [-0.25, -0.2) is 4.79 Å². The molecule has 72 valence electrons. The van der Waals surface area contributed by atoms with Gasteiger partial charge in [0.25, 0.3) is 0 Å². The first-order valence-corrected chi connectivity index (χ1v) is 3.90. The van der Waals surface area contributed by atoms with E-state index in [-0.39, 0.29) is 6.42 Å². The topological polar surface area (TPSA) is 75.2 Å². The van der Waals surface area contributed by atoms with E-state index in [0.29, 0.717) is 5.69 Å². The van der Waals surface area contributed by atoms with E-state index in [9.17, 15) is 4.79 Å². The molecular formula is C8H12N2O3. The first-order valence-electron chi connectivity index (χ1n) is 3.90. The first-order chi connectivity index (χ1) is 6.13. The van der Waals surface area contributed by atoms with Gasteiger partial charge in [0, 0.05) is 19.2 Å². The maximum absolute atomic E-state index is 10.6. The van der Waals surface area contributed by atoms with E-state index >= 15 is 0 Å². The van der Waals surface area contributed by atoms with Crippen LogP contribution in [0.15, 0.2) is 6.07 Å². The molecule has 0 aromatic carbocycles. The number of aliphatic carboxylic acids is 1. The highest BCUT2D eigenvalue weighted by molar-refractivity contribution is 5.72. The minimum atomic E-state index is -0.969. The molecule has 0 radical (unpaired) electrons. The molecule has 2 N–H and O–H groups in total. The quantitative estimate of drug-likeness (QED) is 0.708. The molecule has 0 amide bonds. The van der Waals surface area contributed by atoms with Crippen LogP contribution >= 0.6 is 0 Å². The number of carboxylic acid groups (broad SMARTS) is 1. The van der Waals surface area contributed by atoms with E-state index in [2.05, 4.69) is 10.2 Å². The number of methoxy groups -OCH3 is 1. The molecular weight excluding hydrogens is 172 g/mol. The Balaban J connectivity index is 2.61. The first kappa shape index (κ1) is 9.73. The lowest BCUT2D eigenvalue weighted by Crippen LogP contribution is -2.24. The highest BCUT2D eigenvalue weighted by Gasteiger charge is 2.17. The molecule has 1 atom stereocenters. The van der Waals surface area contributed by atoms with Gasteiger partial charge in [-0.05, 0) is 13.0 Å². The maximum Gasteiger partial charge on any atom is 0.333 e. The van der Waals surface area contributed by atoms with Crippen molar-refractivity contribution < 1.29 is 14.6 Å². The summed E-state index contributed by atoms with van der Waals surface area (Å²) in [5.41, 5.74) is 1.61. The van der Waals surface area contributed by atoms with Crippen LogP contribution < -0.4 is 0 Å². The normalized spacial score (nSPS) is 12.8. The largest absolute Gasteiger partial charge is 0.479 e. The van der Waals surface area contributed by atoms with Crippen molar-refractivity contribution >= 4 is 5.97 Å². The van der Waals surface area contributed by atoms with Crippen molar-refractivity contribution in [2.24, 2.45) is 0 Å². The summed E-state index contributed by atoms with van der Waals surface area (Å²) in [6.45, 7) is 1.86. The highest BCUT2D eigenvalue weighted by atomic mass is 16.5. The molecule has 0 fully saturated rings. The van der Waals surface area contributed by atoms with Crippen LogP contribution in [-0.2, 0) is 16.0 Å². The zero-order valence-electron chi connectivity index (χ0n) is 7.57. The van der Waals surface area contributed by atoms with Crippen LogP contribution in [0.2, 0.25) is 0 Å². The summed E-state index contributed by atoms with van der Waals surface area (Å²) in [6, 6.07) is 1.80. The van der Waals surface area contributed by atoms with Crippen molar-refractivity contribution in [1.82, 2.24) is 10.2 Å². The van der Waals surface area contributed by atoms with E-state index in [0.717, 1.165) is 5.69 Å². The van der Waals surface area contributed by atoms with Gasteiger partial charge >= 0.3 is 5.97 Å². The number of carbonyl (C=O) groups is 1. The molecule has 1 unspecified atom stereocenters. The summed E-state index contributed by atoms with van der Waals surface area (Å²) in [6.07, 6.45) is -0.529. The van der Waals surface area contributed by atoms with Gasteiger partial charge in [0.15, 0.2) is 6.10 Å². The predicted molar refractivity (Wildman–Crippen MR) is 45.5 cm³/mol. The molecule has 13 heavy (non-hydrogen) atoms. The molecule has 0 spiro atoms. The molecule has 0 bridgehead atoms. The number of hydrogen-bond donors (Lipinski definition) is 2. The number of nitrogens with zero attached hydrogens (tertiary/aromatic N) is 1. The minimum Gasteiger partial charge on any atom is -0.479 e. The Labute approximate surface area is 75.7 Å². The smallest absolute Gasteiger partial charge is 0.333 e. The van der Waals surface area contributed by atoms with Crippen LogP contribution in [0, 0.1) is 6.92 Å². The van der Waals surface area contributed by atoms with Gasteiger partial charge in [-0.2, -0.15) is 5.10 Å². The standard InChI is InChI=1S/C8H12N2O3/c1-5-3-6(10-9-5)4-7(13-2)8(11)12/h3,7H,4H2,1-2H3,(H,9,10)(H,11,12). The fourth-order valence-electron chi connectivity index (χ4n) is 1.04. The molecule has 0 aliphatic heterocycles. The second-order valence-electron chi connectivity index (χ2n) is 2.81. The molecule has 0 aliphatic rings. The third-order valence-corrected chi connectivity index (χ3v) is 1.71. The van der Waals surface area contributed by atoms with Crippen molar-refractivity contribution in [3.05, 3.63) is 17.5 Å². The van der Waals surface area contributed by atoms with Crippen molar-refractivity contribution in [3.8, 4) is 0 Å². The molecule has 0 saturated carbocycles.